The summed E-state index contributed by atoms with van der Waals surface area (Å²) >= 11 is 1.83. The lowest BCUT2D eigenvalue weighted by Crippen LogP contribution is -2.44. The molecule has 0 N–H and O–H groups in total. The molecule has 0 aliphatic carbocycles. The van der Waals surface area contributed by atoms with Gasteiger partial charge in [-0.1, -0.05) is 20.8 Å². The van der Waals surface area contributed by atoms with Gasteiger partial charge in [0.05, 0.1) is 12.6 Å². The number of hydrogen-bond acceptors (Lipinski definition) is 3. The molecular formula is C15H24N2OS. The predicted octanol–water partition coefficient (Wildman–Crippen LogP) is 2.93. The first-order valence-corrected chi connectivity index (χ1v) is 8.17. The Bertz CT molecular complexity index is 426. The molecule has 0 fully saturated rings. The van der Waals surface area contributed by atoms with Crippen molar-refractivity contribution in [1.29, 1.82) is 0 Å². The average molecular weight is 280 g/mol. The van der Waals surface area contributed by atoms with Gasteiger partial charge in [-0.25, -0.2) is 0 Å². The molecule has 0 saturated carbocycles. The first kappa shape index (κ1) is 14.5. The molecule has 106 valence electrons. The monoisotopic (exact) mass is 280 g/mol. The summed E-state index contributed by atoms with van der Waals surface area (Å²) in [5.41, 5.74) is 1.38. The van der Waals surface area contributed by atoms with Crippen molar-refractivity contribution >= 4 is 17.2 Å². The van der Waals surface area contributed by atoms with Crippen LogP contribution in [-0.2, 0) is 11.2 Å². The molecule has 19 heavy (non-hydrogen) atoms. The van der Waals surface area contributed by atoms with Gasteiger partial charge in [0.25, 0.3) is 0 Å². The number of likely N-dealkylation sites (N-methyl/N-ethyl adjacent to an activating group) is 1. The highest BCUT2D eigenvalue weighted by Gasteiger charge is 2.30. The van der Waals surface area contributed by atoms with Crippen LogP contribution in [0, 0.1) is 0 Å². The quantitative estimate of drug-likeness (QED) is 0.828. The third-order valence-corrected chi connectivity index (χ3v) is 5.05. The molecule has 3 nitrogen and oxygen atoms in total. The van der Waals surface area contributed by atoms with Crippen LogP contribution < -0.4 is 0 Å². The van der Waals surface area contributed by atoms with Gasteiger partial charge in [0.1, 0.15) is 0 Å². The largest absolute Gasteiger partial charge is 0.334 e. The van der Waals surface area contributed by atoms with Crippen LogP contribution in [0.25, 0.3) is 0 Å². The first-order valence-electron chi connectivity index (χ1n) is 7.29. The normalized spacial score (nSPS) is 18.7. The van der Waals surface area contributed by atoms with Gasteiger partial charge in [0.2, 0.25) is 5.91 Å². The van der Waals surface area contributed by atoms with Crippen LogP contribution in [0.2, 0.25) is 0 Å². The van der Waals surface area contributed by atoms with Crippen molar-refractivity contribution in [3.8, 4) is 0 Å². The molecule has 1 aromatic rings. The van der Waals surface area contributed by atoms with Gasteiger partial charge in [-0.15, -0.1) is 11.3 Å². The van der Waals surface area contributed by atoms with Crippen molar-refractivity contribution in [3.63, 3.8) is 0 Å². The van der Waals surface area contributed by atoms with E-state index in [1.54, 1.807) is 0 Å². The van der Waals surface area contributed by atoms with Crippen LogP contribution in [0.3, 0.4) is 0 Å². The molecule has 1 unspecified atom stereocenters. The summed E-state index contributed by atoms with van der Waals surface area (Å²) in [6, 6.07) is 2.49. The molecule has 0 radical (unpaired) electrons. The van der Waals surface area contributed by atoms with Crippen LogP contribution in [0.15, 0.2) is 11.4 Å². The summed E-state index contributed by atoms with van der Waals surface area (Å²) < 4.78 is 0. The number of fused-ring (bicyclic) bond motifs is 1. The fourth-order valence-corrected chi connectivity index (χ4v) is 3.79. The van der Waals surface area contributed by atoms with Crippen LogP contribution in [0.1, 0.15) is 43.7 Å². The summed E-state index contributed by atoms with van der Waals surface area (Å²) in [6.45, 7) is 9.72. The fourth-order valence-electron chi connectivity index (χ4n) is 2.86. The zero-order valence-electron chi connectivity index (χ0n) is 12.2. The Labute approximate surface area is 120 Å². The molecule has 1 amide bonds. The molecule has 1 atom stereocenters. The maximum absolute atomic E-state index is 12.5. The second kappa shape index (κ2) is 6.53. The first-order chi connectivity index (χ1) is 9.21. The summed E-state index contributed by atoms with van der Waals surface area (Å²) in [4.78, 5) is 18.3. The van der Waals surface area contributed by atoms with E-state index < -0.39 is 0 Å². The molecular weight excluding hydrogens is 256 g/mol. The van der Waals surface area contributed by atoms with E-state index >= 15 is 0 Å². The summed E-state index contributed by atoms with van der Waals surface area (Å²) in [5, 5.41) is 2.16. The number of amides is 1. The van der Waals surface area contributed by atoms with Gasteiger partial charge in [-0.05, 0) is 42.9 Å². The Hall–Kier alpha value is -0.870. The maximum atomic E-state index is 12.5. The number of carbonyl (C=O) groups excluding carboxylic acids is 1. The average Bonchev–Trinajstić information content (AvgIpc) is 2.91. The van der Waals surface area contributed by atoms with Gasteiger partial charge in [-0.3, -0.25) is 9.69 Å². The highest BCUT2D eigenvalue weighted by molar-refractivity contribution is 7.10. The van der Waals surface area contributed by atoms with Gasteiger partial charge < -0.3 is 4.90 Å². The van der Waals surface area contributed by atoms with Gasteiger partial charge in [0, 0.05) is 11.4 Å². The lowest BCUT2D eigenvalue weighted by Gasteiger charge is -2.36. The molecule has 1 aliphatic rings. The molecule has 0 spiro atoms. The second-order valence-corrected chi connectivity index (χ2v) is 6.02. The van der Waals surface area contributed by atoms with Crippen molar-refractivity contribution in [2.45, 2.75) is 39.7 Å². The van der Waals surface area contributed by atoms with Crippen LogP contribution in [-0.4, -0.2) is 41.9 Å². The Morgan fingerprint density at radius 3 is 2.79 bits per heavy atom. The van der Waals surface area contributed by atoms with E-state index in [1.165, 1.54) is 10.4 Å². The predicted molar refractivity (Wildman–Crippen MR) is 80.6 cm³/mol. The number of carbonyl (C=O) groups is 1. The van der Waals surface area contributed by atoms with E-state index in [4.69, 9.17) is 0 Å². The minimum Gasteiger partial charge on any atom is -0.334 e. The Morgan fingerprint density at radius 2 is 2.16 bits per heavy atom. The molecule has 2 rings (SSSR count). The zero-order valence-corrected chi connectivity index (χ0v) is 13.0. The Kier molecular flexibility index (Phi) is 4.99. The van der Waals surface area contributed by atoms with Gasteiger partial charge in [0.15, 0.2) is 0 Å². The van der Waals surface area contributed by atoms with E-state index in [0.717, 1.165) is 32.5 Å². The molecule has 1 aliphatic heterocycles. The lowest BCUT2D eigenvalue weighted by atomic mass is 9.97. The Morgan fingerprint density at radius 1 is 1.42 bits per heavy atom. The minimum atomic E-state index is 0.285. The van der Waals surface area contributed by atoms with Crippen LogP contribution in [0.4, 0.5) is 0 Å². The summed E-state index contributed by atoms with van der Waals surface area (Å²) in [7, 11) is 0. The molecule has 2 heterocycles. The molecule has 0 aromatic carbocycles. The highest BCUT2D eigenvalue weighted by atomic mass is 32.1. The molecule has 0 bridgehead atoms. The SMILES string of the molecule is CCC1c2ccsc2CCN1C(=O)CN(CC)CC. The highest BCUT2D eigenvalue weighted by Crippen LogP contribution is 2.35. The zero-order chi connectivity index (χ0) is 13.8. The summed E-state index contributed by atoms with van der Waals surface area (Å²) in [5.74, 6) is 0.285. The molecule has 4 heteroatoms. The van der Waals surface area contributed by atoms with E-state index in [1.807, 2.05) is 11.3 Å². The van der Waals surface area contributed by atoms with Crippen LogP contribution in [0.5, 0.6) is 0 Å². The lowest BCUT2D eigenvalue weighted by molar-refractivity contribution is -0.135. The smallest absolute Gasteiger partial charge is 0.237 e. The van der Waals surface area contributed by atoms with Crippen molar-refractivity contribution in [2.75, 3.05) is 26.2 Å². The molecule has 0 saturated heterocycles. The number of nitrogens with zero attached hydrogens (tertiary/aromatic N) is 2. The van der Waals surface area contributed by atoms with Gasteiger partial charge in [-0.2, -0.15) is 0 Å². The summed E-state index contributed by atoms with van der Waals surface area (Å²) in [6.07, 6.45) is 2.03. The Balaban J connectivity index is 2.10. The topological polar surface area (TPSA) is 23.6 Å². The number of thiophene rings is 1. The minimum absolute atomic E-state index is 0.285. The number of hydrogen-bond donors (Lipinski definition) is 0. The number of rotatable bonds is 5. The standard InChI is InChI=1S/C15H24N2OS/c1-4-13-12-8-10-19-14(12)7-9-17(13)15(18)11-16(5-2)6-3/h8,10,13H,4-7,9,11H2,1-3H3. The van der Waals surface area contributed by atoms with E-state index in [9.17, 15) is 4.79 Å². The fraction of sp³-hybridized carbons (Fsp3) is 0.667. The van der Waals surface area contributed by atoms with Crippen molar-refractivity contribution in [2.24, 2.45) is 0 Å². The van der Waals surface area contributed by atoms with Crippen LogP contribution >= 0.6 is 11.3 Å². The maximum Gasteiger partial charge on any atom is 0.237 e. The third kappa shape index (κ3) is 3.00. The van der Waals surface area contributed by atoms with Crippen molar-refractivity contribution < 1.29 is 4.79 Å². The van der Waals surface area contributed by atoms with E-state index in [2.05, 4.69) is 42.0 Å². The van der Waals surface area contributed by atoms with Gasteiger partial charge >= 0.3 is 0 Å². The second-order valence-electron chi connectivity index (χ2n) is 5.02. The third-order valence-electron chi connectivity index (χ3n) is 4.06. The van der Waals surface area contributed by atoms with E-state index in [0.29, 0.717) is 6.54 Å². The molecule has 1 aromatic heterocycles. The van der Waals surface area contributed by atoms with Crippen molar-refractivity contribution in [1.82, 2.24) is 9.80 Å². The van der Waals surface area contributed by atoms with E-state index in [-0.39, 0.29) is 11.9 Å². The van der Waals surface area contributed by atoms with Crippen molar-refractivity contribution in [3.05, 3.63) is 21.9 Å².